The lowest BCUT2D eigenvalue weighted by Crippen LogP contribution is -2.24. The van der Waals surface area contributed by atoms with Crippen molar-refractivity contribution in [3.63, 3.8) is 0 Å². The summed E-state index contributed by atoms with van der Waals surface area (Å²) in [5, 5.41) is 7.08. The second kappa shape index (κ2) is 7.47. The molecule has 0 aliphatic rings. The molecule has 0 saturated carbocycles. The Labute approximate surface area is 133 Å². The number of amides is 2. The molecule has 2 aromatic rings. The van der Waals surface area contributed by atoms with Crippen LogP contribution in [0.25, 0.3) is 0 Å². The fourth-order valence-corrected chi connectivity index (χ4v) is 2.06. The fraction of sp³-hybridized carbons (Fsp3) is 0.125. The Balaban J connectivity index is 1.93. The first-order valence-corrected chi connectivity index (χ1v) is 6.97. The van der Waals surface area contributed by atoms with Crippen LogP contribution >= 0.6 is 11.6 Å². The molecule has 2 N–H and O–H groups in total. The lowest BCUT2D eigenvalue weighted by molar-refractivity contribution is 0.252. The van der Waals surface area contributed by atoms with E-state index in [-0.39, 0.29) is 0 Å². The molecule has 0 unspecified atom stereocenters. The van der Waals surface area contributed by atoms with Gasteiger partial charge >= 0.3 is 6.03 Å². The van der Waals surface area contributed by atoms with Crippen LogP contribution in [0.5, 0.6) is 5.75 Å². The van der Waals surface area contributed by atoms with Gasteiger partial charge in [0.05, 0.1) is 18.3 Å². The van der Waals surface area contributed by atoms with Crippen LogP contribution in [0.15, 0.2) is 47.6 Å². The molecule has 0 radical (unpaired) electrons. The summed E-state index contributed by atoms with van der Waals surface area (Å²) in [6.07, 6.45) is 1.50. The van der Waals surface area contributed by atoms with Gasteiger partial charge in [0.15, 0.2) is 0 Å². The van der Waals surface area contributed by atoms with Crippen LogP contribution in [0.4, 0.5) is 10.5 Å². The van der Waals surface area contributed by atoms with E-state index in [9.17, 15) is 4.79 Å². The molecule has 6 heteroatoms. The van der Waals surface area contributed by atoms with E-state index >= 15 is 0 Å². The molecule has 0 bridgehead atoms. The quantitative estimate of drug-likeness (QED) is 0.665. The number of carbonyl (C=O) groups excluding carboxylic acids is 1. The number of hydrogen-bond donors (Lipinski definition) is 2. The maximum absolute atomic E-state index is 11.7. The molecule has 0 saturated heterocycles. The Hall–Kier alpha value is -2.53. The highest BCUT2D eigenvalue weighted by atomic mass is 35.5. The van der Waals surface area contributed by atoms with Gasteiger partial charge in [-0.2, -0.15) is 5.10 Å². The Morgan fingerprint density at radius 1 is 1.27 bits per heavy atom. The highest BCUT2D eigenvalue weighted by Gasteiger charge is 2.02. The monoisotopic (exact) mass is 317 g/mol. The highest BCUT2D eigenvalue weighted by Crippen LogP contribution is 2.24. The third-order valence-electron chi connectivity index (χ3n) is 2.95. The normalized spacial score (nSPS) is 10.5. The second-order valence-corrected chi connectivity index (χ2v) is 4.94. The number of para-hydroxylation sites is 1. The number of anilines is 1. The summed E-state index contributed by atoms with van der Waals surface area (Å²) < 4.78 is 5.06. The predicted molar refractivity (Wildman–Crippen MR) is 88.9 cm³/mol. The Morgan fingerprint density at radius 2 is 2.05 bits per heavy atom. The van der Waals surface area contributed by atoms with Crippen molar-refractivity contribution in [3.8, 4) is 5.75 Å². The van der Waals surface area contributed by atoms with Gasteiger partial charge in [0.1, 0.15) is 5.75 Å². The lowest BCUT2D eigenvalue weighted by atomic mass is 10.2. The number of benzene rings is 2. The summed E-state index contributed by atoms with van der Waals surface area (Å²) in [6, 6.07) is 12.3. The van der Waals surface area contributed by atoms with Gasteiger partial charge in [-0.1, -0.05) is 29.8 Å². The van der Waals surface area contributed by atoms with Crippen molar-refractivity contribution in [1.29, 1.82) is 0 Å². The second-order valence-electron chi connectivity index (χ2n) is 4.53. The molecule has 0 atom stereocenters. The molecule has 2 rings (SSSR count). The zero-order valence-electron chi connectivity index (χ0n) is 12.3. The third-order valence-corrected chi connectivity index (χ3v) is 3.24. The van der Waals surface area contributed by atoms with Crippen LogP contribution < -0.4 is 15.5 Å². The van der Waals surface area contributed by atoms with Crippen LogP contribution in [0, 0.1) is 6.92 Å². The minimum atomic E-state index is -0.412. The van der Waals surface area contributed by atoms with Crippen molar-refractivity contribution >= 4 is 29.5 Å². The smallest absolute Gasteiger partial charge is 0.339 e. The summed E-state index contributed by atoms with van der Waals surface area (Å²) in [5.74, 6) is 0.587. The van der Waals surface area contributed by atoms with E-state index in [4.69, 9.17) is 16.3 Å². The molecule has 0 aromatic heterocycles. The van der Waals surface area contributed by atoms with Crippen LogP contribution in [-0.2, 0) is 0 Å². The first kappa shape index (κ1) is 15.9. The minimum absolute atomic E-state index is 0.412. The van der Waals surface area contributed by atoms with Crippen LogP contribution in [-0.4, -0.2) is 19.4 Å². The summed E-state index contributed by atoms with van der Waals surface area (Å²) in [6.45, 7) is 1.91. The molecule has 0 heterocycles. The van der Waals surface area contributed by atoms with E-state index in [0.29, 0.717) is 10.8 Å². The molecule has 0 spiro atoms. The SMILES string of the molecule is COc1ccc(C=NNC(=O)Nc2ccccc2C)cc1Cl. The van der Waals surface area contributed by atoms with Crippen molar-refractivity contribution in [3.05, 3.63) is 58.6 Å². The summed E-state index contributed by atoms with van der Waals surface area (Å²) in [7, 11) is 1.55. The van der Waals surface area contributed by atoms with Gasteiger partial charge in [-0.3, -0.25) is 0 Å². The fourth-order valence-electron chi connectivity index (χ4n) is 1.79. The number of hydrogen-bond acceptors (Lipinski definition) is 3. The van der Waals surface area contributed by atoms with E-state index in [0.717, 1.165) is 16.8 Å². The molecular weight excluding hydrogens is 302 g/mol. The van der Waals surface area contributed by atoms with Gasteiger partial charge in [-0.15, -0.1) is 0 Å². The standard InChI is InChI=1S/C16H16ClN3O2/c1-11-5-3-4-6-14(11)19-16(21)20-18-10-12-7-8-15(22-2)13(17)9-12/h3-10H,1-2H3,(H2,19,20,21). The Bertz CT molecular complexity index is 702. The van der Waals surface area contributed by atoms with Crippen molar-refractivity contribution in [2.75, 3.05) is 12.4 Å². The molecule has 2 amide bonds. The Kier molecular flexibility index (Phi) is 5.38. The molecular formula is C16H16ClN3O2. The van der Waals surface area contributed by atoms with Gasteiger partial charge in [0.25, 0.3) is 0 Å². The zero-order valence-corrected chi connectivity index (χ0v) is 13.0. The van der Waals surface area contributed by atoms with E-state index in [1.54, 1.807) is 25.3 Å². The van der Waals surface area contributed by atoms with Crippen molar-refractivity contribution < 1.29 is 9.53 Å². The largest absolute Gasteiger partial charge is 0.495 e. The number of ether oxygens (including phenoxy) is 1. The van der Waals surface area contributed by atoms with E-state index in [1.165, 1.54) is 6.21 Å². The number of nitrogens with one attached hydrogen (secondary N) is 2. The molecule has 2 aromatic carbocycles. The summed E-state index contributed by atoms with van der Waals surface area (Å²) in [4.78, 5) is 11.7. The number of aryl methyl sites for hydroxylation is 1. The maximum Gasteiger partial charge on any atom is 0.339 e. The van der Waals surface area contributed by atoms with Gasteiger partial charge in [0.2, 0.25) is 0 Å². The number of hydrazone groups is 1. The van der Waals surface area contributed by atoms with Crippen molar-refractivity contribution in [2.24, 2.45) is 5.10 Å². The van der Waals surface area contributed by atoms with Gasteiger partial charge in [-0.25, -0.2) is 10.2 Å². The van der Waals surface area contributed by atoms with Crippen molar-refractivity contribution in [1.82, 2.24) is 5.43 Å². The van der Waals surface area contributed by atoms with E-state index in [2.05, 4.69) is 15.8 Å². The van der Waals surface area contributed by atoms with Gasteiger partial charge in [-0.05, 0) is 42.3 Å². The highest BCUT2D eigenvalue weighted by molar-refractivity contribution is 6.32. The number of carbonyl (C=O) groups is 1. The van der Waals surface area contributed by atoms with Crippen molar-refractivity contribution in [2.45, 2.75) is 6.92 Å². The van der Waals surface area contributed by atoms with E-state index < -0.39 is 6.03 Å². The van der Waals surface area contributed by atoms with Crippen LogP contribution in [0.3, 0.4) is 0 Å². The molecule has 0 aliphatic heterocycles. The van der Waals surface area contributed by atoms with Gasteiger partial charge in [0, 0.05) is 5.69 Å². The Morgan fingerprint density at radius 3 is 2.73 bits per heavy atom. The number of methoxy groups -OCH3 is 1. The molecule has 22 heavy (non-hydrogen) atoms. The first-order valence-electron chi connectivity index (χ1n) is 6.59. The molecule has 114 valence electrons. The maximum atomic E-state index is 11.7. The van der Waals surface area contributed by atoms with E-state index in [1.807, 2.05) is 31.2 Å². The molecule has 0 fully saturated rings. The van der Waals surface area contributed by atoms with Crippen LogP contribution in [0.1, 0.15) is 11.1 Å². The zero-order chi connectivity index (χ0) is 15.9. The number of nitrogens with zero attached hydrogens (tertiary/aromatic N) is 1. The first-order chi connectivity index (χ1) is 10.6. The molecule has 5 nitrogen and oxygen atoms in total. The van der Waals surface area contributed by atoms with Gasteiger partial charge < -0.3 is 10.1 Å². The minimum Gasteiger partial charge on any atom is -0.495 e. The number of urea groups is 1. The molecule has 0 aliphatic carbocycles. The average molecular weight is 318 g/mol. The van der Waals surface area contributed by atoms with Crippen LogP contribution in [0.2, 0.25) is 5.02 Å². The lowest BCUT2D eigenvalue weighted by Gasteiger charge is -2.06. The topological polar surface area (TPSA) is 62.7 Å². The third kappa shape index (κ3) is 4.23. The number of halogens is 1. The average Bonchev–Trinajstić information content (AvgIpc) is 2.50. The summed E-state index contributed by atoms with van der Waals surface area (Å²) >= 11 is 6.01. The summed E-state index contributed by atoms with van der Waals surface area (Å²) in [5.41, 5.74) is 4.87. The number of rotatable bonds is 4. The predicted octanol–water partition coefficient (Wildman–Crippen LogP) is 3.81.